The molecule has 0 aliphatic heterocycles. The highest BCUT2D eigenvalue weighted by Gasteiger charge is 2.23. The average molecular weight is 550 g/mol. The molecule has 2 amide bonds. The molecule has 1 atom stereocenters. The van der Waals surface area contributed by atoms with Crippen LogP contribution in [0.15, 0.2) is 23.4 Å². The van der Waals surface area contributed by atoms with E-state index in [0.29, 0.717) is 37.2 Å². The summed E-state index contributed by atoms with van der Waals surface area (Å²) < 4.78 is 1.74. The summed E-state index contributed by atoms with van der Waals surface area (Å²) in [7, 11) is 1.78. The van der Waals surface area contributed by atoms with Crippen LogP contribution < -0.4 is 10.6 Å². The first kappa shape index (κ1) is 25.5. The van der Waals surface area contributed by atoms with Gasteiger partial charge in [-0.15, -0.1) is 21.5 Å². The van der Waals surface area contributed by atoms with Crippen LogP contribution in [-0.2, 0) is 24.7 Å². The molecule has 2 N–H and O–H groups in total. The van der Waals surface area contributed by atoms with E-state index in [1.165, 1.54) is 34.0 Å². The van der Waals surface area contributed by atoms with Crippen molar-refractivity contribution in [1.82, 2.24) is 20.1 Å². The van der Waals surface area contributed by atoms with E-state index >= 15 is 0 Å². The van der Waals surface area contributed by atoms with Gasteiger partial charge in [-0.05, 0) is 56.4 Å². The van der Waals surface area contributed by atoms with Gasteiger partial charge in [-0.2, -0.15) is 5.26 Å². The summed E-state index contributed by atoms with van der Waals surface area (Å²) in [6.45, 7) is 1.79. The third-order valence-corrected chi connectivity index (χ3v) is 8.62. The second kappa shape index (κ2) is 11.0. The molecule has 182 valence electrons. The summed E-state index contributed by atoms with van der Waals surface area (Å²) in [6, 6.07) is 6.48. The summed E-state index contributed by atoms with van der Waals surface area (Å²) in [5.41, 5.74) is 2.06. The van der Waals surface area contributed by atoms with E-state index in [9.17, 15) is 14.9 Å². The van der Waals surface area contributed by atoms with Crippen LogP contribution in [0.25, 0.3) is 0 Å². The van der Waals surface area contributed by atoms with Crippen LogP contribution in [-0.4, -0.2) is 32.3 Å². The third kappa shape index (κ3) is 5.64. The SMILES string of the molecule is C[C@@H](NC(=O)c1ccc(Cl)c(Cl)c1)c1nnc(SCC(=O)Nc2sc3c(c2C#N)CCCC3)n1C. The van der Waals surface area contributed by atoms with E-state index in [4.69, 9.17) is 23.2 Å². The standard InChI is InChI=1S/C23H22Cl2N6O2S2/c1-12(27-21(33)13-7-8-16(24)17(25)9-13)20-29-30-23(31(20)2)34-11-19(32)28-22-15(10-26)14-5-3-4-6-18(14)35-22/h7-9,12H,3-6,11H2,1-2H3,(H,27,33)(H,28,32)/t12-/m1/s1. The number of thioether (sulfide) groups is 1. The summed E-state index contributed by atoms with van der Waals surface area (Å²) >= 11 is 14.7. The minimum absolute atomic E-state index is 0.115. The first-order valence-corrected chi connectivity index (χ1v) is 13.5. The molecule has 1 aliphatic rings. The lowest BCUT2D eigenvalue weighted by molar-refractivity contribution is -0.113. The summed E-state index contributed by atoms with van der Waals surface area (Å²) in [6.07, 6.45) is 4.03. The number of rotatable bonds is 7. The smallest absolute Gasteiger partial charge is 0.251 e. The number of carbonyl (C=O) groups is 2. The molecule has 0 saturated carbocycles. The highest BCUT2D eigenvalue weighted by Crippen LogP contribution is 2.37. The average Bonchev–Trinajstić information content (AvgIpc) is 3.38. The maximum Gasteiger partial charge on any atom is 0.251 e. The van der Waals surface area contributed by atoms with Crippen LogP contribution in [0, 0.1) is 11.3 Å². The van der Waals surface area contributed by atoms with Gasteiger partial charge in [-0.1, -0.05) is 35.0 Å². The Morgan fingerprint density at radius 2 is 2.03 bits per heavy atom. The van der Waals surface area contributed by atoms with Crippen LogP contribution >= 0.6 is 46.3 Å². The number of hydrogen-bond donors (Lipinski definition) is 2. The summed E-state index contributed by atoms with van der Waals surface area (Å²) in [4.78, 5) is 26.4. The maximum atomic E-state index is 12.6. The molecule has 1 aliphatic carbocycles. The van der Waals surface area contributed by atoms with Crippen molar-refractivity contribution < 1.29 is 9.59 Å². The number of benzene rings is 1. The predicted molar refractivity (Wildman–Crippen MR) is 138 cm³/mol. The van der Waals surface area contributed by atoms with Crippen molar-refractivity contribution in [2.75, 3.05) is 11.1 Å². The molecule has 12 heteroatoms. The highest BCUT2D eigenvalue weighted by atomic mass is 35.5. The van der Waals surface area contributed by atoms with Crippen molar-refractivity contribution >= 4 is 63.1 Å². The molecule has 4 rings (SSSR count). The lowest BCUT2D eigenvalue weighted by atomic mass is 9.96. The largest absolute Gasteiger partial charge is 0.342 e. The molecule has 0 saturated heterocycles. The van der Waals surface area contributed by atoms with Gasteiger partial charge in [0.15, 0.2) is 11.0 Å². The molecule has 2 heterocycles. The van der Waals surface area contributed by atoms with Crippen LogP contribution in [0.3, 0.4) is 0 Å². The fraction of sp³-hybridized carbons (Fsp3) is 0.348. The molecule has 0 radical (unpaired) electrons. The lowest BCUT2D eigenvalue weighted by Crippen LogP contribution is -2.28. The third-order valence-electron chi connectivity index (χ3n) is 5.65. The van der Waals surface area contributed by atoms with E-state index in [2.05, 4.69) is 26.9 Å². The van der Waals surface area contributed by atoms with E-state index in [1.54, 1.807) is 30.7 Å². The molecule has 0 bridgehead atoms. The zero-order valence-corrected chi connectivity index (χ0v) is 22.2. The van der Waals surface area contributed by atoms with E-state index < -0.39 is 6.04 Å². The number of nitrogens with one attached hydrogen (secondary N) is 2. The molecular formula is C23H22Cl2N6O2S2. The van der Waals surface area contributed by atoms with Gasteiger partial charge in [0.2, 0.25) is 5.91 Å². The van der Waals surface area contributed by atoms with Gasteiger partial charge < -0.3 is 15.2 Å². The van der Waals surface area contributed by atoms with Crippen molar-refractivity contribution in [2.45, 2.75) is 43.8 Å². The zero-order valence-electron chi connectivity index (χ0n) is 19.0. The maximum absolute atomic E-state index is 12.6. The second-order valence-corrected chi connectivity index (χ2v) is 10.9. The molecule has 8 nitrogen and oxygen atoms in total. The predicted octanol–water partition coefficient (Wildman–Crippen LogP) is 5.16. The highest BCUT2D eigenvalue weighted by molar-refractivity contribution is 7.99. The molecule has 0 spiro atoms. The number of nitrogens with zero attached hydrogens (tertiary/aromatic N) is 4. The van der Waals surface area contributed by atoms with Gasteiger partial charge in [-0.25, -0.2) is 0 Å². The zero-order chi connectivity index (χ0) is 25.1. The monoisotopic (exact) mass is 548 g/mol. The number of thiophene rings is 1. The first-order chi connectivity index (χ1) is 16.8. The van der Waals surface area contributed by atoms with Gasteiger partial charge in [-0.3, -0.25) is 9.59 Å². The van der Waals surface area contributed by atoms with Crippen LogP contribution in [0.1, 0.15) is 58.0 Å². The minimum atomic E-state index is -0.437. The van der Waals surface area contributed by atoms with Crippen molar-refractivity contribution in [3.8, 4) is 6.07 Å². The molecule has 1 aromatic carbocycles. The Bertz CT molecular complexity index is 1330. The topological polar surface area (TPSA) is 113 Å². The summed E-state index contributed by atoms with van der Waals surface area (Å²) in [5.74, 6) is 0.123. The van der Waals surface area contributed by atoms with Gasteiger partial charge in [0.1, 0.15) is 11.1 Å². The van der Waals surface area contributed by atoms with Crippen molar-refractivity contribution in [1.29, 1.82) is 5.26 Å². The van der Waals surface area contributed by atoms with E-state index in [0.717, 1.165) is 31.2 Å². The van der Waals surface area contributed by atoms with Crippen molar-refractivity contribution in [2.24, 2.45) is 7.05 Å². The van der Waals surface area contributed by atoms with Crippen LogP contribution in [0.5, 0.6) is 0 Å². The number of aromatic nitrogens is 3. The summed E-state index contributed by atoms with van der Waals surface area (Å²) in [5, 5.41) is 25.5. The van der Waals surface area contributed by atoms with Crippen LogP contribution in [0.2, 0.25) is 10.0 Å². The Labute approximate surface area is 221 Å². The van der Waals surface area contributed by atoms with E-state index in [-0.39, 0.29) is 17.6 Å². The van der Waals surface area contributed by atoms with Crippen LogP contribution in [0.4, 0.5) is 5.00 Å². The van der Waals surface area contributed by atoms with Gasteiger partial charge >= 0.3 is 0 Å². The number of carbonyl (C=O) groups excluding carboxylic acids is 2. The number of amides is 2. The van der Waals surface area contributed by atoms with Crippen molar-refractivity contribution in [3.63, 3.8) is 0 Å². The fourth-order valence-electron chi connectivity index (χ4n) is 3.88. The molecule has 35 heavy (non-hydrogen) atoms. The number of hydrogen-bond acceptors (Lipinski definition) is 7. The number of anilines is 1. The number of nitriles is 1. The molecule has 3 aromatic rings. The number of aryl methyl sites for hydroxylation is 1. The Hall–Kier alpha value is -2.58. The fourth-order valence-corrected chi connectivity index (χ4v) is 6.15. The number of fused-ring (bicyclic) bond motifs is 1. The lowest BCUT2D eigenvalue weighted by Gasteiger charge is -2.14. The second-order valence-electron chi connectivity index (χ2n) is 8.09. The molecule has 0 unspecified atom stereocenters. The quantitative estimate of drug-likeness (QED) is 0.394. The Kier molecular flexibility index (Phi) is 8.02. The normalized spacial score (nSPS) is 13.6. The molecular weight excluding hydrogens is 527 g/mol. The van der Waals surface area contributed by atoms with Gasteiger partial charge in [0, 0.05) is 17.5 Å². The van der Waals surface area contributed by atoms with Crippen molar-refractivity contribution in [3.05, 3.63) is 55.6 Å². The Morgan fingerprint density at radius 1 is 1.26 bits per heavy atom. The minimum Gasteiger partial charge on any atom is -0.342 e. The van der Waals surface area contributed by atoms with Gasteiger partial charge in [0.05, 0.1) is 27.4 Å². The number of halogens is 2. The molecule has 2 aromatic heterocycles. The molecule has 0 fully saturated rings. The Morgan fingerprint density at radius 3 is 2.77 bits per heavy atom. The first-order valence-electron chi connectivity index (χ1n) is 10.9. The van der Waals surface area contributed by atoms with Gasteiger partial charge in [0.25, 0.3) is 5.91 Å². The Balaban J connectivity index is 1.36. The van der Waals surface area contributed by atoms with E-state index in [1.807, 2.05) is 0 Å².